The fourth-order valence-electron chi connectivity index (χ4n) is 2.35. The van der Waals surface area contributed by atoms with Crippen molar-refractivity contribution in [2.24, 2.45) is 0 Å². The quantitative estimate of drug-likeness (QED) is 0.822. The van der Waals surface area contributed by atoms with Gasteiger partial charge in [0.15, 0.2) is 0 Å². The molecule has 0 spiro atoms. The molecule has 1 heteroatoms. The van der Waals surface area contributed by atoms with Crippen LogP contribution < -0.4 is 5.32 Å². The summed E-state index contributed by atoms with van der Waals surface area (Å²) in [6, 6.07) is 18.1. The van der Waals surface area contributed by atoms with Crippen LogP contribution in [0.5, 0.6) is 0 Å². The van der Waals surface area contributed by atoms with Gasteiger partial charge >= 0.3 is 0 Å². The van der Waals surface area contributed by atoms with Gasteiger partial charge in [-0.3, -0.25) is 0 Å². The lowest BCUT2D eigenvalue weighted by Gasteiger charge is -2.12. The largest absolute Gasteiger partial charge is 0.313 e. The summed E-state index contributed by atoms with van der Waals surface area (Å²) in [4.78, 5) is 0. The molecule has 1 N–H and O–H groups in total. The Kier molecular flexibility index (Phi) is 4.75. The van der Waals surface area contributed by atoms with Gasteiger partial charge in [-0.25, -0.2) is 0 Å². The van der Waals surface area contributed by atoms with Crippen LogP contribution in [0.4, 0.5) is 0 Å². The van der Waals surface area contributed by atoms with Crippen LogP contribution in [0.2, 0.25) is 0 Å². The molecule has 0 bridgehead atoms. The van der Waals surface area contributed by atoms with Gasteiger partial charge in [-0.05, 0) is 48.7 Å². The highest BCUT2D eigenvalue weighted by atomic mass is 14.8. The van der Waals surface area contributed by atoms with Crippen LogP contribution in [0.1, 0.15) is 37.4 Å². The van der Waals surface area contributed by atoms with E-state index >= 15 is 0 Å². The summed E-state index contributed by atoms with van der Waals surface area (Å²) in [6.45, 7) is 4.41. The van der Waals surface area contributed by atoms with Crippen molar-refractivity contribution >= 4 is 0 Å². The summed E-state index contributed by atoms with van der Waals surface area (Å²) in [5, 5.41) is 3.29. The Hall–Kier alpha value is -1.60. The summed E-state index contributed by atoms with van der Waals surface area (Å²) in [5.74, 6) is 0. The molecule has 0 heterocycles. The monoisotopic (exact) mass is 253 g/mol. The molecular formula is C18H23N. The molecule has 0 fully saturated rings. The SMILES string of the molecule is CCCc1cccc(-c2cccc(C(C)NC)c2)c1. The third kappa shape index (κ3) is 3.45. The molecule has 19 heavy (non-hydrogen) atoms. The fraction of sp³-hybridized carbons (Fsp3) is 0.333. The number of rotatable bonds is 5. The standard InChI is InChI=1S/C18H23N/c1-4-7-15-8-5-10-17(12-15)18-11-6-9-16(13-18)14(2)19-3/h5-6,8-14,19H,4,7H2,1-3H3. The van der Waals surface area contributed by atoms with E-state index in [1.807, 2.05) is 7.05 Å². The van der Waals surface area contributed by atoms with Gasteiger partial charge in [-0.1, -0.05) is 55.8 Å². The first-order chi connectivity index (χ1) is 9.24. The van der Waals surface area contributed by atoms with E-state index in [1.54, 1.807) is 0 Å². The van der Waals surface area contributed by atoms with Gasteiger partial charge in [-0.2, -0.15) is 0 Å². The van der Waals surface area contributed by atoms with Crippen LogP contribution in [-0.4, -0.2) is 7.05 Å². The van der Waals surface area contributed by atoms with E-state index in [0.717, 1.165) is 6.42 Å². The molecule has 0 saturated carbocycles. The van der Waals surface area contributed by atoms with Crippen molar-refractivity contribution in [1.82, 2.24) is 5.32 Å². The normalized spacial score (nSPS) is 12.4. The molecule has 0 aliphatic rings. The highest BCUT2D eigenvalue weighted by Gasteiger charge is 2.05. The van der Waals surface area contributed by atoms with Gasteiger partial charge < -0.3 is 5.32 Å². The highest BCUT2D eigenvalue weighted by molar-refractivity contribution is 5.65. The Morgan fingerprint density at radius 3 is 2.37 bits per heavy atom. The molecular weight excluding hydrogens is 230 g/mol. The predicted octanol–water partition coefficient (Wildman–Crippen LogP) is 4.59. The molecule has 0 saturated heterocycles. The number of nitrogens with one attached hydrogen (secondary N) is 1. The average molecular weight is 253 g/mol. The van der Waals surface area contributed by atoms with Gasteiger partial charge in [0.2, 0.25) is 0 Å². The zero-order valence-electron chi connectivity index (χ0n) is 12.1. The molecule has 100 valence electrons. The van der Waals surface area contributed by atoms with Crippen molar-refractivity contribution in [2.45, 2.75) is 32.7 Å². The first-order valence-electron chi connectivity index (χ1n) is 7.11. The predicted molar refractivity (Wildman–Crippen MR) is 83.3 cm³/mol. The Balaban J connectivity index is 2.33. The molecule has 1 unspecified atom stereocenters. The maximum Gasteiger partial charge on any atom is 0.0289 e. The molecule has 1 atom stereocenters. The third-order valence-corrected chi connectivity index (χ3v) is 3.62. The first-order valence-corrected chi connectivity index (χ1v) is 7.11. The van der Waals surface area contributed by atoms with E-state index in [2.05, 4.69) is 67.7 Å². The van der Waals surface area contributed by atoms with Crippen LogP contribution >= 0.6 is 0 Å². The van der Waals surface area contributed by atoms with Crippen LogP contribution in [0.3, 0.4) is 0 Å². The third-order valence-electron chi connectivity index (χ3n) is 3.62. The maximum absolute atomic E-state index is 3.29. The number of benzene rings is 2. The van der Waals surface area contributed by atoms with Crippen LogP contribution in [0, 0.1) is 0 Å². The first kappa shape index (κ1) is 13.8. The second-order valence-corrected chi connectivity index (χ2v) is 5.09. The second-order valence-electron chi connectivity index (χ2n) is 5.09. The average Bonchev–Trinajstić information content (AvgIpc) is 2.47. The van der Waals surface area contributed by atoms with Crippen LogP contribution in [0.15, 0.2) is 48.5 Å². The van der Waals surface area contributed by atoms with Gasteiger partial charge in [-0.15, -0.1) is 0 Å². The van der Waals surface area contributed by atoms with E-state index in [1.165, 1.54) is 28.7 Å². The molecule has 2 aromatic carbocycles. The van der Waals surface area contributed by atoms with E-state index < -0.39 is 0 Å². The van der Waals surface area contributed by atoms with Gasteiger partial charge in [0.25, 0.3) is 0 Å². The summed E-state index contributed by atoms with van der Waals surface area (Å²) in [7, 11) is 2.00. The van der Waals surface area contributed by atoms with Gasteiger partial charge in [0, 0.05) is 6.04 Å². The van der Waals surface area contributed by atoms with Crippen LogP contribution in [0.25, 0.3) is 11.1 Å². The lowest BCUT2D eigenvalue weighted by Crippen LogP contribution is -2.12. The van der Waals surface area contributed by atoms with Gasteiger partial charge in [0.1, 0.15) is 0 Å². The van der Waals surface area contributed by atoms with Crippen molar-refractivity contribution in [3.63, 3.8) is 0 Å². The van der Waals surface area contributed by atoms with E-state index in [4.69, 9.17) is 0 Å². The second kappa shape index (κ2) is 6.53. The van der Waals surface area contributed by atoms with Crippen molar-refractivity contribution in [1.29, 1.82) is 0 Å². The molecule has 0 aromatic heterocycles. The molecule has 0 radical (unpaired) electrons. The summed E-state index contributed by atoms with van der Waals surface area (Å²) in [5.41, 5.74) is 5.38. The zero-order chi connectivity index (χ0) is 13.7. The Morgan fingerprint density at radius 1 is 1.00 bits per heavy atom. The summed E-state index contributed by atoms with van der Waals surface area (Å²) >= 11 is 0. The fourth-order valence-corrected chi connectivity index (χ4v) is 2.35. The van der Waals surface area contributed by atoms with E-state index in [0.29, 0.717) is 6.04 Å². The molecule has 2 aromatic rings. The van der Waals surface area contributed by atoms with Crippen molar-refractivity contribution in [3.05, 3.63) is 59.7 Å². The zero-order valence-corrected chi connectivity index (χ0v) is 12.1. The lowest BCUT2D eigenvalue weighted by molar-refractivity contribution is 0.652. The van der Waals surface area contributed by atoms with Crippen molar-refractivity contribution < 1.29 is 0 Å². The number of hydrogen-bond acceptors (Lipinski definition) is 1. The Morgan fingerprint density at radius 2 is 1.68 bits per heavy atom. The minimum atomic E-state index is 0.388. The molecule has 2 rings (SSSR count). The van der Waals surface area contributed by atoms with Crippen molar-refractivity contribution in [3.8, 4) is 11.1 Å². The summed E-state index contributed by atoms with van der Waals surface area (Å²) in [6.07, 6.45) is 2.35. The topological polar surface area (TPSA) is 12.0 Å². The van der Waals surface area contributed by atoms with Crippen molar-refractivity contribution in [2.75, 3.05) is 7.05 Å². The summed E-state index contributed by atoms with van der Waals surface area (Å²) < 4.78 is 0. The number of aryl methyl sites for hydroxylation is 1. The minimum absolute atomic E-state index is 0.388. The lowest BCUT2D eigenvalue weighted by atomic mass is 9.98. The number of hydrogen-bond donors (Lipinski definition) is 1. The maximum atomic E-state index is 3.29. The Bertz CT molecular complexity index is 531. The molecule has 0 aliphatic carbocycles. The van der Waals surface area contributed by atoms with E-state index in [9.17, 15) is 0 Å². The highest BCUT2D eigenvalue weighted by Crippen LogP contribution is 2.24. The van der Waals surface area contributed by atoms with Crippen LogP contribution in [-0.2, 0) is 6.42 Å². The minimum Gasteiger partial charge on any atom is -0.313 e. The molecule has 1 nitrogen and oxygen atoms in total. The Labute approximate surface area is 116 Å². The molecule has 0 amide bonds. The van der Waals surface area contributed by atoms with E-state index in [-0.39, 0.29) is 0 Å². The molecule has 0 aliphatic heterocycles. The smallest absolute Gasteiger partial charge is 0.0289 e. The van der Waals surface area contributed by atoms with Gasteiger partial charge in [0.05, 0.1) is 0 Å².